The molecule has 1 aliphatic rings. The molecule has 1 heterocycles. The van der Waals surface area contributed by atoms with Gasteiger partial charge in [0.25, 0.3) is 0 Å². The van der Waals surface area contributed by atoms with Crippen LogP contribution in [0.3, 0.4) is 0 Å². The molecule has 1 fully saturated rings. The van der Waals surface area contributed by atoms with Crippen LogP contribution >= 0.6 is 0 Å². The highest BCUT2D eigenvalue weighted by atomic mass is 16.5. The molecule has 1 aliphatic heterocycles. The van der Waals surface area contributed by atoms with Gasteiger partial charge in [-0.3, -0.25) is 9.69 Å². The summed E-state index contributed by atoms with van der Waals surface area (Å²) in [5.74, 6) is -1.08. The molecule has 5 heteroatoms. The van der Waals surface area contributed by atoms with Crippen molar-refractivity contribution < 1.29 is 14.6 Å². The summed E-state index contributed by atoms with van der Waals surface area (Å²) in [6.45, 7) is 4.98. The lowest BCUT2D eigenvalue weighted by Crippen LogP contribution is -2.47. The van der Waals surface area contributed by atoms with E-state index >= 15 is 0 Å². The fraction of sp³-hybridized carbons (Fsp3) is 0.889. The Morgan fingerprint density at radius 3 is 3.07 bits per heavy atom. The monoisotopic (exact) mass is 202 g/mol. The quantitative estimate of drug-likeness (QED) is 0.634. The van der Waals surface area contributed by atoms with E-state index in [-0.39, 0.29) is 12.0 Å². The molecule has 0 radical (unpaired) electrons. The van der Waals surface area contributed by atoms with E-state index in [0.29, 0.717) is 19.7 Å². The van der Waals surface area contributed by atoms with Crippen molar-refractivity contribution in [1.82, 2.24) is 4.90 Å². The average molecular weight is 202 g/mol. The van der Waals surface area contributed by atoms with E-state index in [2.05, 4.69) is 4.90 Å². The molecule has 0 saturated carbocycles. The molecule has 0 aromatic heterocycles. The zero-order valence-electron chi connectivity index (χ0n) is 8.48. The topological polar surface area (TPSA) is 75.8 Å². The van der Waals surface area contributed by atoms with Crippen LogP contribution in [0.1, 0.15) is 6.92 Å². The van der Waals surface area contributed by atoms with Crippen LogP contribution in [0.2, 0.25) is 0 Å². The van der Waals surface area contributed by atoms with Gasteiger partial charge >= 0.3 is 5.97 Å². The molecule has 14 heavy (non-hydrogen) atoms. The minimum atomic E-state index is -0.749. The Balaban J connectivity index is 2.33. The Morgan fingerprint density at radius 2 is 2.50 bits per heavy atom. The van der Waals surface area contributed by atoms with Gasteiger partial charge in [-0.2, -0.15) is 0 Å². The molecule has 2 atom stereocenters. The molecular weight excluding hydrogens is 184 g/mol. The smallest absolute Gasteiger partial charge is 0.307 e. The van der Waals surface area contributed by atoms with Crippen LogP contribution in [0.4, 0.5) is 0 Å². The molecule has 0 aromatic carbocycles. The van der Waals surface area contributed by atoms with Crippen molar-refractivity contribution in [2.24, 2.45) is 11.7 Å². The Labute approximate surface area is 83.8 Å². The van der Waals surface area contributed by atoms with E-state index in [4.69, 9.17) is 15.6 Å². The number of carbonyl (C=O) groups is 1. The molecular formula is C9H18N2O3. The molecule has 0 amide bonds. The number of nitrogens with zero attached hydrogens (tertiary/aromatic N) is 1. The first-order chi connectivity index (χ1) is 6.63. The second-order valence-corrected chi connectivity index (χ2v) is 3.73. The van der Waals surface area contributed by atoms with E-state index in [0.717, 1.165) is 13.1 Å². The van der Waals surface area contributed by atoms with Crippen LogP contribution in [0.5, 0.6) is 0 Å². The number of nitrogens with two attached hydrogens (primary N) is 1. The Kier molecular flexibility index (Phi) is 4.31. The van der Waals surface area contributed by atoms with Gasteiger partial charge in [-0.15, -0.1) is 0 Å². The summed E-state index contributed by atoms with van der Waals surface area (Å²) in [6.07, 6.45) is 0.0599. The first kappa shape index (κ1) is 11.4. The molecule has 0 spiro atoms. The summed E-state index contributed by atoms with van der Waals surface area (Å²) in [7, 11) is 0. The lowest BCUT2D eigenvalue weighted by molar-refractivity contribution is -0.142. The molecule has 3 N–H and O–H groups in total. The van der Waals surface area contributed by atoms with Gasteiger partial charge in [0.1, 0.15) is 0 Å². The molecule has 0 bridgehead atoms. The van der Waals surface area contributed by atoms with Gasteiger partial charge < -0.3 is 15.6 Å². The van der Waals surface area contributed by atoms with Gasteiger partial charge in [-0.05, 0) is 0 Å². The molecule has 5 nitrogen and oxygen atoms in total. The van der Waals surface area contributed by atoms with Gasteiger partial charge in [0.2, 0.25) is 0 Å². The van der Waals surface area contributed by atoms with Gasteiger partial charge in [-0.25, -0.2) is 0 Å². The Morgan fingerprint density at radius 1 is 1.79 bits per heavy atom. The summed E-state index contributed by atoms with van der Waals surface area (Å²) in [5, 5.41) is 8.75. The third-order valence-electron chi connectivity index (χ3n) is 2.44. The SMILES string of the molecule is CC(CN1CCOC(CN)C1)C(=O)O. The van der Waals surface area contributed by atoms with Crippen LogP contribution in [-0.2, 0) is 9.53 Å². The van der Waals surface area contributed by atoms with Crippen LogP contribution in [0.15, 0.2) is 0 Å². The van der Waals surface area contributed by atoms with Gasteiger partial charge in [-0.1, -0.05) is 6.92 Å². The molecule has 82 valence electrons. The number of hydrogen-bond acceptors (Lipinski definition) is 4. The largest absolute Gasteiger partial charge is 0.481 e. The second kappa shape index (κ2) is 5.29. The molecule has 1 rings (SSSR count). The number of carboxylic acid groups (broad SMARTS) is 1. The maximum atomic E-state index is 10.6. The minimum Gasteiger partial charge on any atom is -0.481 e. The number of carboxylic acids is 1. The first-order valence-corrected chi connectivity index (χ1v) is 4.90. The van der Waals surface area contributed by atoms with E-state index in [1.165, 1.54) is 0 Å². The van der Waals surface area contributed by atoms with E-state index < -0.39 is 5.97 Å². The molecule has 1 saturated heterocycles. The lowest BCUT2D eigenvalue weighted by Gasteiger charge is -2.33. The highest BCUT2D eigenvalue weighted by molar-refractivity contribution is 5.69. The van der Waals surface area contributed by atoms with E-state index in [9.17, 15) is 4.79 Å². The van der Waals surface area contributed by atoms with E-state index in [1.54, 1.807) is 6.92 Å². The predicted octanol–water partition coefficient (Wildman–Crippen LogP) is -0.633. The van der Waals surface area contributed by atoms with Gasteiger partial charge in [0, 0.05) is 26.2 Å². The predicted molar refractivity (Wildman–Crippen MR) is 52.0 cm³/mol. The van der Waals surface area contributed by atoms with Gasteiger partial charge in [0.15, 0.2) is 0 Å². The highest BCUT2D eigenvalue weighted by Gasteiger charge is 2.22. The lowest BCUT2D eigenvalue weighted by atomic mass is 10.1. The van der Waals surface area contributed by atoms with Crippen molar-refractivity contribution in [1.29, 1.82) is 0 Å². The Bertz CT molecular complexity index is 198. The van der Waals surface area contributed by atoms with Crippen LogP contribution in [-0.4, -0.2) is 54.9 Å². The van der Waals surface area contributed by atoms with Crippen molar-refractivity contribution in [3.8, 4) is 0 Å². The Hall–Kier alpha value is -0.650. The van der Waals surface area contributed by atoms with Crippen molar-refractivity contribution >= 4 is 5.97 Å². The van der Waals surface area contributed by atoms with Crippen LogP contribution < -0.4 is 5.73 Å². The summed E-state index contributed by atoms with van der Waals surface area (Å²) in [4.78, 5) is 12.7. The third-order valence-corrected chi connectivity index (χ3v) is 2.44. The number of rotatable bonds is 4. The first-order valence-electron chi connectivity index (χ1n) is 4.90. The van der Waals surface area contributed by atoms with Crippen molar-refractivity contribution in [2.45, 2.75) is 13.0 Å². The number of morpholine rings is 1. The average Bonchev–Trinajstić information content (AvgIpc) is 2.18. The second-order valence-electron chi connectivity index (χ2n) is 3.73. The van der Waals surface area contributed by atoms with Crippen molar-refractivity contribution in [2.75, 3.05) is 32.8 Å². The van der Waals surface area contributed by atoms with Crippen molar-refractivity contribution in [3.63, 3.8) is 0 Å². The molecule has 0 aromatic rings. The number of hydrogen-bond donors (Lipinski definition) is 2. The van der Waals surface area contributed by atoms with Gasteiger partial charge in [0.05, 0.1) is 18.6 Å². The van der Waals surface area contributed by atoms with Crippen LogP contribution in [0, 0.1) is 5.92 Å². The maximum Gasteiger partial charge on any atom is 0.307 e. The summed E-state index contributed by atoms with van der Waals surface area (Å²) < 4.78 is 5.39. The molecule has 2 unspecified atom stereocenters. The summed E-state index contributed by atoms with van der Waals surface area (Å²) in [6, 6.07) is 0. The standard InChI is InChI=1S/C9H18N2O3/c1-7(9(12)13)5-11-2-3-14-8(4-10)6-11/h7-8H,2-6,10H2,1H3,(H,12,13). The zero-order chi connectivity index (χ0) is 10.6. The van der Waals surface area contributed by atoms with Crippen molar-refractivity contribution in [3.05, 3.63) is 0 Å². The highest BCUT2D eigenvalue weighted by Crippen LogP contribution is 2.07. The minimum absolute atomic E-state index is 0.0599. The normalized spacial score (nSPS) is 26.0. The number of aliphatic carboxylic acids is 1. The summed E-state index contributed by atoms with van der Waals surface area (Å²) >= 11 is 0. The third kappa shape index (κ3) is 3.25. The zero-order valence-corrected chi connectivity index (χ0v) is 8.48. The number of ether oxygens (including phenoxy) is 1. The molecule has 0 aliphatic carbocycles. The summed E-state index contributed by atoms with van der Waals surface area (Å²) in [5.41, 5.74) is 5.49. The van der Waals surface area contributed by atoms with Crippen LogP contribution in [0.25, 0.3) is 0 Å². The fourth-order valence-electron chi connectivity index (χ4n) is 1.55. The maximum absolute atomic E-state index is 10.6. The fourth-order valence-corrected chi connectivity index (χ4v) is 1.55. The van der Waals surface area contributed by atoms with E-state index in [1.807, 2.05) is 0 Å².